The highest BCUT2D eigenvalue weighted by Crippen LogP contribution is 2.26. The van der Waals surface area contributed by atoms with Crippen molar-refractivity contribution in [2.24, 2.45) is 0 Å². The fraction of sp³-hybridized carbons (Fsp3) is 0.538. The van der Waals surface area contributed by atoms with Gasteiger partial charge in [0, 0.05) is 13.6 Å². The van der Waals surface area contributed by atoms with Crippen molar-refractivity contribution < 1.29 is 13.2 Å². The summed E-state index contributed by atoms with van der Waals surface area (Å²) in [5, 5.41) is 2.99. The first-order valence-corrected chi connectivity index (χ1v) is 7.88. The van der Waals surface area contributed by atoms with E-state index in [1.165, 1.54) is 11.4 Å². The second kappa shape index (κ2) is 7.47. The van der Waals surface area contributed by atoms with Gasteiger partial charge >= 0.3 is 10.2 Å². The van der Waals surface area contributed by atoms with E-state index in [4.69, 9.17) is 4.74 Å². The van der Waals surface area contributed by atoms with Crippen molar-refractivity contribution in [2.45, 2.75) is 13.3 Å². The summed E-state index contributed by atoms with van der Waals surface area (Å²) in [5.41, 5.74) is 1.41. The molecule has 0 aliphatic carbocycles. The van der Waals surface area contributed by atoms with E-state index < -0.39 is 10.2 Å². The van der Waals surface area contributed by atoms with Gasteiger partial charge in [0.05, 0.1) is 12.8 Å². The summed E-state index contributed by atoms with van der Waals surface area (Å²) in [5.74, 6) is 0.503. The molecule has 0 heterocycles. The van der Waals surface area contributed by atoms with E-state index in [9.17, 15) is 8.42 Å². The normalized spacial score (nSPS) is 11.7. The summed E-state index contributed by atoms with van der Waals surface area (Å²) < 4.78 is 33.4. The van der Waals surface area contributed by atoms with E-state index in [1.807, 2.05) is 20.0 Å². The maximum atomic E-state index is 12.2. The van der Waals surface area contributed by atoms with Crippen LogP contribution in [0.3, 0.4) is 0 Å². The van der Waals surface area contributed by atoms with Gasteiger partial charge < -0.3 is 10.1 Å². The first-order valence-electron chi connectivity index (χ1n) is 6.44. The molecule has 0 fully saturated rings. The van der Waals surface area contributed by atoms with E-state index in [0.29, 0.717) is 18.0 Å². The van der Waals surface area contributed by atoms with Gasteiger partial charge in [0.25, 0.3) is 0 Å². The third-order valence-electron chi connectivity index (χ3n) is 2.90. The molecule has 1 aromatic rings. The smallest absolute Gasteiger partial charge is 0.301 e. The SMILES string of the molecule is CNCCCN(C)S(=O)(=O)Nc1cc(C)ccc1OC. The number of hydrogen-bond acceptors (Lipinski definition) is 4. The topological polar surface area (TPSA) is 70.7 Å². The fourth-order valence-corrected chi connectivity index (χ4v) is 2.68. The molecule has 0 spiro atoms. The minimum Gasteiger partial charge on any atom is -0.495 e. The quantitative estimate of drug-likeness (QED) is 0.708. The van der Waals surface area contributed by atoms with Crippen LogP contribution in [0, 0.1) is 6.92 Å². The Morgan fingerprint density at radius 1 is 1.35 bits per heavy atom. The molecule has 0 unspecified atom stereocenters. The first kappa shape index (κ1) is 16.7. The molecule has 2 N–H and O–H groups in total. The average molecular weight is 301 g/mol. The summed E-state index contributed by atoms with van der Waals surface area (Å²) in [6.45, 7) is 3.12. The van der Waals surface area contributed by atoms with Gasteiger partial charge in [0.2, 0.25) is 0 Å². The molecular formula is C13H23N3O3S. The lowest BCUT2D eigenvalue weighted by atomic mass is 10.2. The minimum atomic E-state index is -3.57. The Bertz CT molecular complexity index is 532. The number of ether oxygens (including phenoxy) is 1. The van der Waals surface area contributed by atoms with Crippen LogP contribution in [0.2, 0.25) is 0 Å². The molecule has 0 saturated carbocycles. The van der Waals surface area contributed by atoms with Crippen molar-refractivity contribution in [3.63, 3.8) is 0 Å². The number of rotatable bonds is 8. The minimum absolute atomic E-state index is 0.449. The van der Waals surface area contributed by atoms with Gasteiger partial charge in [-0.05, 0) is 44.6 Å². The van der Waals surface area contributed by atoms with Crippen LogP contribution in [0.25, 0.3) is 0 Å². The Morgan fingerprint density at radius 3 is 2.65 bits per heavy atom. The highest BCUT2D eigenvalue weighted by atomic mass is 32.2. The predicted molar refractivity (Wildman–Crippen MR) is 81.4 cm³/mol. The largest absolute Gasteiger partial charge is 0.495 e. The van der Waals surface area contributed by atoms with Gasteiger partial charge in [-0.25, -0.2) is 0 Å². The van der Waals surface area contributed by atoms with E-state index >= 15 is 0 Å². The lowest BCUT2D eigenvalue weighted by Gasteiger charge is -2.19. The third-order valence-corrected chi connectivity index (χ3v) is 4.39. The molecular weight excluding hydrogens is 278 g/mol. The maximum Gasteiger partial charge on any atom is 0.301 e. The number of anilines is 1. The molecule has 7 heteroatoms. The molecule has 0 aliphatic heterocycles. The van der Waals surface area contributed by atoms with Crippen LogP contribution < -0.4 is 14.8 Å². The van der Waals surface area contributed by atoms with Crippen molar-refractivity contribution >= 4 is 15.9 Å². The van der Waals surface area contributed by atoms with Crippen molar-refractivity contribution in [2.75, 3.05) is 39.0 Å². The van der Waals surface area contributed by atoms with Crippen molar-refractivity contribution in [3.8, 4) is 5.75 Å². The fourth-order valence-electron chi connectivity index (χ4n) is 1.72. The molecule has 0 aliphatic rings. The Balaban J connectivity index is 2.82. The van der Waals surface area contributed by atoms with Crippen molar-refractivity contribution in [3.05, 3.63) is 23.8 Å². The second-order valence-corrected chi connectivity index (χ2v) is 6.37. The van der Waals surface area contributed by atoms with Crippen LogP contribution in [-0.2, 0) is 10.2 Å². The van der Waals surface area contributed by atoms with Gasteiger partial charge in [-0.2, -0.15) is 12.7 Å². The molecule has 0 aromatic heterocycles. The third kappa shape index (κ3) is 4.66. The van der Waals surface area contributed by atoms with E-state index in [1.54, 1.807) is 19.2 Å². The molecule has 6 nitrogen and oxygen atoms in total. The maximum absolute atomic E-state index is 12.2. The van der Waals surface area contributed by atoms with E-state index in [0.717, 1.165) is 18.5 Å². The number of nitrogens with one attached hydrogen (secondary N) is 2. The zero-order valence-electron chi connectivity index (χ0n) is 12.4. The number of hydrogen-bond donors (Lipinski definition) is 2. The molecule has 0 radical (unpaired) electrons. The van der Waals surface area contributed by atoms with E-state index in [2.05, 4.69) is 10.0 Å². The molecule has 0 saturated heterocycles. The van der Waals surface area contributed by atoms with Crippen LogP contribution in [0.15, 0.2) is 18.2 Å². The number of methoxy groups -OCH3 is 1. The number of benzene rings is 1. The molecule has 0 amide bonds. The summed E-state index contributed by atoms with van der Waals surface area (Å²) in [7, 11) is 1.34. The first-order chi connectivity index (χ1) is 9.40. The van der Waals surface area contributed by atoms with Crippen LogP contribution >= 0.6 is 0 Å². The Morgan fingerprint density at radius 2 is 2.05 bits per heavy atom. The molecule has 20 heavy (non-hydrogen) atoms. The van der Waals surface area contributed by atoms with Crippen LogP contribution in [0.1, 0.15) is 12.0 Å². The van der Waals surface area contributed by atoms with Crippen LogP contribution in [0.5, 0.6) is 5.75 Å². The molecule has 1 aromatic carbocycles. The Kier molecular flexibility index (Phi) is 6.25. The highest BCUT2D eigenvalue weighted by molar-refractivity contribution is 7.90. The van der Waals surface area contributed by atoms with Gasteiger partial charge in [0.1, 0.15) is 5.75 Å². The monoisotopic (exact) mass is 301 g/mol. The lowest BCUT2D eigenvalue weighted by molar-refractivity contribution is 0.416. The number of aryl methyl sites for hydroxylation is 1. The molecule has 0 bridgehead atoms. The van der Waals surface area contributed by atoms with Gasteiger partial charge in [-0.3, -0.25) is 4.72 Å². The predicted octanol–water partition coefficient (Wildman–Crippen LogP) is 1.20. The number of nitrogens with zero attached hydrogens (tertiary/aromatic N) is 1. The Hall–Kier alpha value is -1.31. The second-order valence-electron chi connectivity index (χ2n) is 4.59. The molecule has 1 rings (SSSR count). The van der Waals surface area contributed by atoms with Crippen molar-refractivity contribution in [1.29, 1.82) is 0 Å². The van der Waals surface area contributed by atoms with E-state index in [-0.39, 0.29) is 0 Å². The summed E-state index contributed by atoms with van der Waals surface area (Å²) in [4.78, 5) is 0. The summed E-state index contributed by atoms with van der Waals surface area (Å²) in [6, 6.07) is 5.36. The summed E-state index contributed by atoms with van der Waals surface area (Å²) >= 11 is 0. The highest BCUT2D eigenvalue weighted by Gasteiger charge is 2.18. The standard InChI is InChI=1S/C13H23N3O3S/c1-11-6-7-13(19-4)12(10-11)15-20(17,18)16(3)9-5-8-14-2/h6-7,10,14-15H,5,8-9H2,1-4H3. The lowest BCUT2D eigenvalue weighted by Crippen LogP contribution is -2.34. The van der Waals surface area contributed by atoms with Crippen molar-refractivity contribution in [1.82, 2.24) is 9.62 Å². The zero-order valence-corrected chi connectivity index (χ0v) is 13.3. The summed E-state index contributed by atoms with van der Waals surface area (Å²) in [6.07, 6.45) is 0.749. The zero-order chi connectivity index (χ0) is 15.2. The van der Waals surface area contributed by atoms with Gasteiger partial charge in [0.15, 0.2) is 0 Å². The molecule has 114 valence electrons. The van der Waals surface area contributed by atoms with Gasteiger partial charge in [-0.15, -0.1) is 0 Å². The Labute approximate surface area is 121 Å². The van der Waals surface area contributed by atoms with Gasteiger partial charge in [-0.1, -0.05) is 6.07 Å². The molecule has 0 atom stereocenters. The average Bonchev–Trinajstić information content (AvgIpc) is 2.38. The van der Waals surface area contributed by atoms with Crippen LogP contribution in [0.4, 0.5) is 5.69 Å². The van der Waals surface area contributed by atoms with Crippen LogP contribution in [-0.4, -0.2) is 47.0 Å².